The minimum Gasteiger partial charge on any atom is -0.356 e. The van der Waals surface area contributed by atoms with Crippen molar-refractivity contribution in [2.45, 2.75) is 32.2 Å². The van der Waals surface area contributed by atoms with E-state index in [-0.39, 0.29) is 29.8 Å². The predicted octanol–water partition coefficient (Wildman–Crippen LogP) is 3.30. The Morgan fingerprint density at radius 3 is 2.43 bits per heavy atom. The fourth-order valence-corrected chi connectivity index (χ4v) is 2.85. The minimum absolute atomic E-state index is 0. The van der Waals surface area contributed by atoms with Crippen molar-refractivity contribution in [3.8, 4) is 0 Å². The minimum atomic E-state index is -0.198. The molecule has 0 heterocycles. The first-order valence-electron chi connectivity index (χ1n) is 7.41. The van der Waals surface area contributed by atoms with Gasteiger partial charge in [0.2, 0.25) is 0 Å². The Morgan fingerprint density at radius 1 is 1.24 bits per heavy atom. The Morgan fingerprint density at radius 2 is 1.90 bits per heavy atom. The lowest BCUT2D eigenvalue weighted by Gasteiger charge is -2.18. The van der Waals surface area contributed by atoms with Gasteiger partial charge in [0, 0.05) is 20.1 Å². The van der Waals surface area contributed by atoms with E-state index < -0.39 is 0 Å². The van der Waals surface area contributed by atoms with Gasteiger partial charge in [-0.15, -0.1) is 24.0 Å². The lowest BCUT2D eigenvalue weighted by molar-refractivity contribution is 0.431. The first kappa shape index (κ1) is 16.5. The van der Waals surface area contributed by atoms with E-state index in [1.165, 1.54) is 37.8 Å². The van der Waals surface area contributed by atoms with Crippen molar-refractivity contribution in [1.82, 2.24) is 10.6 Å². The number of hydrogen-bond donors (Lipinski definition) is 2. The maximum atomic E-state index is 12.8. The predicted molar refractivity (Wildman–Crippen MR) is 94.4 cm³/mol. The highest BCUT2D eigenvalue weighted by atomic mass is 127. The monoisotopic (exact) mass is 403 g/mol. The molecule has 3 nitrogen and oxygen atoms in total. The smallest absolute Gasteiger partial charge is 0.191 e. The molecule has 0 saturated heterocycles. The third-order valence-corrected chi connectivity index (χ3v) is 4.54. The molecule has 21 heavy (non-hydrogen) atoms. The SMILES string of the molecule is CN=C(NCc1ccc(F)cc1)NCC1(C2CC2)CC1.I. The third kappa shape index (κ3) is 4.31. The van der Waals surface area contributed by atoms with E-state index in [1.54, 1.807) is 19.2 Å². The highest BCUT2D eigenvalue weighted by Gasteiger charge is 2.53. The Hall–Kier alpha value is -0.850. The molecular formula is C16H23FIN3. The topological polar surface area (TPSA) is 36.4 Å². The van der Waals surface area contributed by atoms with Crippen LogP contribution in [0.5, 0.6) is 0 Å². The van der Waals surface area contributed by atoms with Crippen LogP contribution in [0.15, 0.2) is 29.3 Å². The summed E-state index contributed by atoms with van der Waals surface area (Å²) in [4.78, 5) is 4.25. The van der Waals surface area contributed by atoms with Crippen molar-refractivity contribution in [2.75, 3.05) is 13.6 Å². The van der Waals surface area contributed by atoms with Gasteiger partial charge in [0.15, 0.2) is 5.96 Å². The average molecular weight is 403 g/mol. The molecule has 3 rings (SSSR count). The summed E-state index contributed by atoms with van der Waals surface area (Å²) in [5.74, 6) is 1.59. The lowest BCUT2D eigenvalue weighted by Crippen LogP contribution is -2.40. The normalized spacial score (nSPS) is 19.6. The summed E-state index contributed by atoms with van der Waals surface area (Å²) in [7, 11) is 1.79. The highest BCUT2D eigenvalue weighted by molar-refractivity contribution is 14.0. The summed E-state index contributed by atoms with van der Waals surface area (Å²) in [6, 6.07) is 6.56. The van der Waals surface area contributed by atoms with Crippen molar-refractivity contribution in [3.63, 3.8) is 0 Å². The third-order valence-electron chi connectivity index (χ3n) is 4.54. The second kappa shape index (κ2) is 6.94. The molecule has 0 atom stereocenters. The lowest BCUT2D eigenvalue weighted by atomic mass is 10.0. The Kier molecular flexibility index (Phi) is 5.46. The van der Waals surface area contributed by atoms with Crippen LogP contribution in [0.3, 0.4) is 0 Å². The number of halogens is 2. The molecule has 0 bridgehead atoms. The zero-order chi connectivity index (χ0) is 14.0. The van der Waals surface area contributed by atoms with Crippen LogP contribution in [0.25, 0.3) is 0 Å². The van der Waals surface area contributed by atoms with Crippen LogP contribution in [0, 0.1) is 17.2 Å². The second-order valence-electron chi connectivity index (χ2n) is 6.04. The summed E-state index contributed by atoms with van der Waals surface area (Å²) in [5, 5.41) is 6.72. The molecule has 116 valence electrons. The Balaban J connectivity index is 0.00000161. The summed E-state index contributed by atoms with van der Waals surface area (Å²) >= 11 is 0. The van der Waals surface area contributed by atoms with Crippen molar-refractivity contribution < 1.29 is 4.39 Å². The first-order chi connectivity index (χ1) is 9.72. The van der Waals surface area contributed by atoms with E-state index in [4.69, 9.17) is 0 Å². The molecule has 2 fully saturated rings. The van der Waals surface area contributed by atoms with E-state index in [1.807, 2.05) is 0 Å². The molecule has 5 heteroatoms. The fraction of sp³-hybridized carbons (Fsp3) is 0.562. The fourth-order valence-electron chi connectivity index (χ4n) is 2.85. The standard InChI is InChI=1S/C16H22FN3.HI/c1-18-15(19-10-12-2-6-14(17)7-3-12)20-11-16(8-9-16)13-4-5-13;/h2-3,6-7,13H,4-5,8-11H2,1H3,(H2,18,19,20);1H. The zero-order valence-electron chi connectivity index (χ0n) is 12.4. The van der Waals surface area contributed by atoms with Crippen LogP contribution >= 0.6 is 24.0 Å². The van der Waals surface area contributed by atoms with Gasteiger partial charge in [0.1, 0.15) is 5.82 Å². The molecule has 0 aliphatic heterocycles. The van der Waals surface area contributed by atoms with Gasteiger partial charge in [-0.1, -0.05) is 12.1 Å². The van der Waals surface area contributed by atoms with Crippen LogP contribution < -0.4 is 10.6 Å². The van der Waals surface area contributed by atoms with Gasteiger partial charge in [0.05, 0.1) is 0 Å². The van der Waals surface area contributed by atoms with Crippen LogP contribution in [-0.2, 0) is 6.54 Å². The molecule has 0 unspecified atom stereocenters. The first-order valence-corrected chi connectivity index (χ1v) is 7.41. The maximum Gasteiger partial charge on any atom is 0.191 e. The van der Waals surface area contributed by atoms with E-state index in [0.29, 0.717) is 12.0 Å². The molecule has 0 aromatic heterocycles. The van der Waals surface area contributed by atoms with Crippen molar-refractivity contribution in [2.24, 2.45) is 16.3 Å². The van der Waals surface area contributed by atoms with Crippen LogP contribution in [-0.4, -0.2) is 19.6 Å². The summed E-state index contributed by atoms with van der Waals surface area (Å²) in [5.41, 5.74) is 1.62. The molecule has 2 N–H and O–H groups in total. The Labute approximate surface area is 142 Å². The Bertz CT molecular complexity index is 493. The molecule has 2 aliphatic rings. The molecule has 1 aromatic carbocycles. The van der Waals surface area contributed by atoms with Gasteiger partial charge >= 0.3 is 0 Å². The van der Waals surface area contributed by atoms with Gasteiger partial charge in [-0.05, 0) is 54.7 Å². The highest BCUT2D eigenvalue weighted by Crippen LogP contribution is 2.60. The number of nitrogens with zero attached hydrogens (tertiary/aromatic N) is 1. The number of nitrogens with one attached hydrogen (secondary N) is 2. The van der Waals surface area contributed by atoms with Crippen molar-refractivity contribution in [3.05, 3.63) is 35.6 Å². The van der Waals surface area contributed by atoms with Crippen LogP contribution in [0.2, 0.25) is 0 Å². The second-order valence-corrected chi connectivity index (χ2v) is 6.04. The van der Waals surface area contributed by atoms with E-state index in [2.05, 4.69) is 15.6 Å². The van der Waals surface area contributed by atoms with Gasteiger partial charge < -0.3 is 10.6 Å². The molecule has 0 amide bonds. The molecule has 0 radical (unpaired) electrons. The number of guanidine groups is 1. The van der Waals surface area contributed by atoms with Crippen molar-refractivity contribution >= 4 is 29.9 Å². The van der Waals surface area contributed by atoms with E-state index in [0.717, 1.165) is 24.0 Å². The summed E-state index contributed by atoms with van der Waals surface area (Å²) in [6.07, 6.45) is 5.53. The molecule has 2 aliphatic carbocycles. The molecular weight excluding hydrogens is 380 g/mol. The van der Waals surface area contributed by atoms with Gasteiger partial charge in [0.25, 0.3) is 0 Å². The van der Waals surface area contributed by atoms with E-state index in [9.17, 15) is 4.39 Å². The van der Waals surface area contributed by atoms with E-state index >= 15 is 0 Å². The zero-order valence-corrected chi connectivity index (χ0v) is 14.7. The average Bonchev–Trinajstić information content (AvgIpc) is 3.34. The van der Waals surface area contributed by atoms with Crippen molar-refractivity contribution in [1.29, 1.82) is 0 Å². The van der Waals surface area contributed by atoms with Gasteiger partial charge in [-0.2, -0.15) is 0 Å². The summed E-state index contributed by atoms with van der Waals surface area (Å²) < 4.78 is 12.8. The number of benzene rings is 1. The van der Waals surface area contributed by atoms with Crippen LogP contribution in [0.1, 0.15) is 31.2 Å². The van der Waals surface area contributed by atoms with Gasteiger partial charge in [-0.3, -0.25) is 4.99 Å². The molecule has 0 spiro atoms. The summed E-state index contributed by atoms with van der Waals surface area (Å²) in [6.45, 7) is 1.69. The largest absolute Gasteiger partial charge is 0.356 e. The number of hydrogen-bond acceptors (Lipinski definition) is 1. The quantitative estimate of drug-likeness (QED) is 0.450. The number of rotatable bonds is 5. The molecule has 1 aromatic rings. The van der Waals surface area contributed by atoms with Gasteiger partial charge in [-0.25, -0.2) is 4.39 Å². The number of aliphatic imine (C=N–C) groups is 1. The maximum absolute atomic E-state index is 12.8. The van der Waals surface area contributed by atoms with Crippen LogP contribution in [0.4, 0.5) is 4.39 Å². The molecule has 2 saturated carbocycles.